The van der Waals surface area contributed by atoms with Gasteiger partial charge in [-0.3, -0.25) is 19.8 Å². The number of carbonyl (C=O) groups is 1. The Hall–Kier alpha value is -2.77. The quantitative estimate of drug-likeness (QED) is 0.406. The minimum absolute atomic E-state index is 0.0698. The van der Waals surface area contributed by atoms with Gasteiger partial charge < -0.3 is 10.1 Å². The molecule has 0 aliphatic carbocycles. The van der Waals surface area contributed by atoms with Crippen molar-refractivity contribution in [3.8, 4) is 0 Å². The number of ketones is 1. The molecule has 1 N–H and O–H groups in total. The largest absolute Gasteiger partial charge is 0.381 e. The van der Waals surface area contributed by atoms with Gasteiger partial charge in [0.2, 0.25) is 0 Å². The molecule has 2 aliphatic heterocycles. The second kappa shape index (κ2) is 9.36. The number of nitro benzene ring substituents is 1. The van der Waals surface area contributed by atoms with Gasteiger partial charge in [-0.2, -0.15) is 0 Å². The maximum atomic E-state index is 12.7. The first kappa shape index (κ1) is 20.5. The van der Waals surface area contributed by atoms with E-state index in [0.717, 1.165) is 32.7 Å². The molecule has 0 amide bonds. The van der Waals surface area contributed by atoms with E-state index < -0.39 is 4.92 Å². The first-order valence-corrected chi connectivity index (χ1v) is 10.6. The Kier molecular flexibility index (Phi) is 6.40. The molecule has 7 nitrogen and oxygen atoms in total. The lowest BCUT2D eigenvalue weighted by atomic mass is 9.97. The molecule has 2 aromatic rings. The van der Waals surface area contributed by atoms with E-state index in [-0.39, 0.29) is 11.5 Å². The zero-order valence-corrected chi connectivity index (χ0v) is 17.0. The van der Waals surface area contributed by atoms with Crippen LogP contribution in [0.4, 0.5) is 11.4 Å². The number of nitrogens with zero attached hydrogens (tertiary/aromatic N) is 2. The topological polar surface area (TPSA) is 84.7 Å². The van der Waals surface area contributed by atoms with Crippen LogP contribution >= 0.6 is 0 Å². The molecule has 0 radical (unpaired) electrons. The summed E-state index contributed by atoms with van der Waals surface area (Å²) in [7, 11) is 0. The van der Waals surface area contributed by atoms with Gasteiger partial charge in [0, 0.05) is 42.3 Å². The highest BCUT2D eigenvalue weighted by atomic mass is 16.6. The number of ether oxygens (including phenoxy) is 1. The average molecular weight is 409 g/mol. The smallest absolute Gasteiger partial charge is 0.293 e. The van der Waals surface area contributed by atoms with E-state index in [1.165, 1.54) is 18.9 Å². The van der Waals surface area contributed by atoms with Crippen molar-refractivity contribution in [3.05, 3.63) is 69.8 Å². The van der Waals surface area contributed by atoms with Crippen molar-refractivity contribution in [1.29, 1.82) is 0 Å². The summed E-state index contributed by atoms with van der Waals surface area (Å²) in [6.45, 7) is 4.28. The van der Waals surface area contributed by atoms with Gasteiger partial charge in [0.25, 0.3) is 5.69 Å². The normalized spacial score (nSPS) is 20.2. The number of anilines is 1. The van der Waals surface area contributed by atoms with Crippen molar-refractivity contribution < 1.29 is 14.5 Å². The van der Waals surface area contributed by atoms with Crippen LogP contribution < -0.4 is 5.32 Å². The highest BCUT2D eigenvalue weighted by Gasteiger charge is 2.32. The van der Waals surface area contributed by atoms with E-state index in [4.69, 9.17) is 4.74 Å². The van der Waals surface area contributed by atoms with Crippen LogP contribution in [0.3, 0.4) is 0 Å². The molecule has 4 rings (SSSR count). The number of hydrogen-bond donors (Lipinski definition) is 1. The fraction of sp³-hybridized carbons (Fsp3) is 0.435. The average Bonchev–Trinajstić information content (AvgIpc) is 3.49. The van der Waals surface area contributed by atoms with Crippen LogP contribution in [0, 0.1) is 16.0 Å². The van der Waals surface area contributed by atoms with Crippen molar-refractivity contribution >= 4 is 17.2 Å². The number of rotatable bonds is 8. The molecule has 0 unspecified atom stereocenters. The lowest BCUT2D eigenvalue weighted by molar-refractivity contribution is -0.384. The molecule has 0 saturated carbocycles. The Morgan fingerprint density at radius 2 is 1.93 bits per heavy atom. The van der Waals surface area contributed by atoms with Crippen molar-refractivity contribution in [2.45, 2.75) is 25.3 Å². The van der Waals surface area contributed by atoms with Crippen LogP contribution in [-0.4, -0.2) is 54.5 Å². The van der Waals surface area contributed by atoms with Crippen LogP contribution in [0.2, 0.25) is 0 Å². The standard InChI is InChI=1S/C23H27N3O4/c27-23(17-6-2-1-3-7-17)18-8-9-20(21(14-18)26(28)29)24-15-22(19-10-13-30-16-19)25-11-4-5-12-25/h1-3,6-9,14,19,22,24H,4-5,10-13,15-16H2/t19-,22+/m1/s1. The molecule has 2 fully saturated rings. The molecule has 2 atom stereocenters. The first-order valence-electron chi connectivity index (χ1n) is 10.6. The van der Waals surface area contributed by atoms with E-state index in [0.29, 0.717) is 35.3 Å². The Bertz CT molecular complexity index is 875. The maximum absolute atomic E-state index is 12.7. The Morgan fingerprint density at radius 3 is 2.60 bits per heavy atom. The number of hydrogen-bond acceptors (Lipinski definition) is 6. The van der Waals surface area contributed by atoms with E-state index in [1.54, 1.807) is 36.4 Å². The molecule has 2 aliphatic rings. The number of nitro groups is 1. The second-order valence-corrected chi connectivity index (χ2v) is 8.00. The van der Waals surface area contributed by atoms with E-state index >= 15 is 0 Å². The van der Waals surface area contributed by atoms with Crippen LogP contribution in [0.1, 0.15) is 35.2 Å². The summed E-state index contributed by atoms with van der Waals surface area (Å²) in [5, 5.41) is 15.0. The van der Waals surface area contributed by atoms with Crippen molar-refractivity contribution in [2.24, 2.45) is 5.92 Å². The lowest BCUT2D eigenvalue weighted by Crippen LogP contribution is -2.44. The van der Waals surface area contributed by atoms with Gasteiger partial charge in [-0.1, -0.05) is 30.3 Å². The van der Waals surface area contributed by atoms with Crippen molar-refractivity contribution in [1.82, 2.24) is 4.90 Å². The zero-order chi connectivity index (χ0) is 20.9. The molecular weight excluding hydrogens is 382 g/mol. The van der Waals surface area contributed by atoms with Crippen LogP contribution in [0.25, 0.3) is 0 Å². The molecule has 158 valence electrons. The number of benzene rings is 2. The minimum atomic E-state index is -0.423. The molecule has 30 heavy (non-hydrogen) atoms. The van der Waals surface area contributed by atoms with Gasteiger partial charge in [-0.15, -0.1) is 0 Å². The Morgan fingerprint density at radius 1 is 1.17 bits per heavy atom. The molecular formula is C23H27N3O4. The summed E-state index contributed by atoms with van der Waals surface area (Å²) < 4.78 is 5.60. The van der Waals surface area contributed by atoms with Crippen LogP contribution in [0.5, 0.6) is 0 Å². The summed E-state index contributed by atoms with van der Waals surface area (Å²) >= 11 is 0. The summed E-state index contributed by atoms with van der Waals surface area (Å²) in [5.74, 6) is 0.219. The third kappa shape index (κ3) is 4.52. The molecule has 0 bridgehead atoms. The number of carbonyl (C=O) groups excluding carboxylic acids is 1. The third-order valence-corrected chi connectivity index (χ3v) is 6.11. The summed E-state index contributed by atoms with van der Waals surface area (Å²) in [6, 6.07) is 13.8. The molecule has 2 saturated heterocycles. The third-order valence-electron chi connectivity index (χ3n) is 6.11. The Balaban J connectivity index is 1.52. The van der Waals surface area contributed by atoms with Crippen LogP contribution in [0.15, 0.2) is 48.5 Å². The van der Waals surface area contributed by atoms with Crippen molar-refractivity contribution in [3.63, 3.8) is 0 Å². The molecule has 0 spiro atoms. The van der Waals surface area contributed by atoms with Gasteiger partial charge in [0.1, 0.15) is 5.69 Å². The van der Waals surface area contributed by atoms with E-state index in [1.807, 2.05) is 6.07 Å². The van der Waals surface area contributed by atoms with Gasteiger partial charge >= 0.3 is 0 Å². The van der Waals surface area contributed by atoms with Crippen LogP contribution in [-0.2, 0) is 4.74 Å². The molecule has 0 aromatic heterocycles. The number of likely N-dealkylation sites (tertiary alicyclic amines) is 1. The highest BCUT2D eigenvalue weighted by molar-refractivity contribution is 6.09. The summed E-state index contributed by atoms with van der Waals surface area (Å²) in [6.07, 6.45) is 3.41. The van der Waals surface area contributed by atoms with Gasteiger partial charge in [0.15, 0.2) is 5.78 Å². The summed E-state index contributed by atoms with van der Waals surface area (Å²) in [4.78, 5) is 26.5. The predicted octanol–water partition coefficient (Wildman–Crippen LogP) is 3.74. The monoisotopic (exact) mass is 409 g/mol. The zero-order valence-electron chi connectivity index (χ0n) is 17.0. The molecule has 2 heterocycles. The fourth-order valence-electron chi connectivity index (χ4n) is 4.47. The molecule has 7 heteroatoms. The predicted molar refractivity (Wildman–Crippen MR) is 115 cm³/mol. The SMILES string of the molecule is O=C(c1ccccc1)c1ccc(NC[C@@H]([C@@H]2CCOC2)N2CCCC2)c([N+](=O)[O-])c1. The maximum Gasteiger partial charge on any atom is 0.293 e. The molecule has 2 aromatic carbocycles. The van der Waals surface area contributed by atoms with Gasteiger partial charge in [0.05, 0.1) is 11.5 Å². The lowest BCUT2D eigenvalue weighted by Gasteiger charge is -2.32. The van der Waals surface area contributed by atoms with E-state index in [9.17, 15) is 14.9 Å². The second-order valence-electron chi connectivity index (χ2n) is 8.00. The van der Waals surface area contributed by atoms with Crippen molar-refractivity contribution in [2.75, 3.05) is 38.2 Å². The highest BCUT2D eigenvalue weighted by Crippen LogP contribution is 2.29. The van der Waals surface area contributed by atoms with Gasteiger partial charge in [-0.25, -0.2) is 0 Å². The fourth-order valence-corrected chi connectivity index (χ4v) is 4.47. The number of nitrogens with one attached hydrogen (secondary N) is 1. The first-order chi connectivity index (χ1) is 14.6. The van der Waals surface area contributed by atoms with Gasteiger partial charge in [-0.05, 0) is 44.5 Å². The summed E-state index contributed by atoms with van der Waals surface area (Å²) in [5.41, 5.74) is 1.22. The van der Waals surface area contributed by atoms with E-state index in [2.05, 4.69) is 10.2 Å². The minimum Gasteiger partial charge on any atom is -0.381 e. The Labute approximate surface area is 176 Å².